The average Bonchev–Trinajstić information content (AvgIpc) is 3.46. The first-order valence-corrected chi connectivity index (χ1v) is 17.1. The molecule has 2 saturated heterocycles. The van der Waals surface area contributed by atoms with Gasteiger partial charge in [-0.25, -0.2) is 4.39 Å². The molecule has 9 nitrogen and oxygen atoms in total. The van der Waals surface area contributed by atoms with Crippen LogP contribution in [0, 0.1) is 5.82 Å². The number of piperazine rings is 1. The van der Waals surface area contributed by atoms with E-state index in [1.807, 2.05) is 16.7 Å². The molecular weight excluding hydrogens is 583 g/mol. The van der Waals surface area contributed by atoms with Crippen LogP contribution in [0.15, 0.2) is 41.3 Å². The van der Waals surface area contributed by atoms with E-state index in [4.69, 9.17) is 4.74 Å². The molecule has 1 amide bonds. The van der Waals surface area contributed by atoms with Crippen LogP contribution in [-0.2, 0) is 12.0 Å². The number of aryl methyl sites for hydroxylation is 1. The van der Waals surface area contributed by atoms with E-state index in [1.165, 1.54) is 18.1 Å². The lowest BCUT2D eigenvalue weighted by Gasteiger charge is -2.48. The first-order chi connectivity index (χ1) is 22.2. The van der Waals surface area contributed by atoms with Crippen molar-refractivity contribution in [3.63, 3.8) is 0 Å². The maximum absolute atomic E-state index is 16.1. The molecule has 4 heterocycles. The number of hydrogen-bond donors (Lipinski definition) is 2. The number of nitrogens with one attached hydrogen (secondary N) is 2. The maximum Gasteiger partial charge on any atom is 0.256 e. The number of pyridine rings is 1. The van der Waals surface area contributed by atoms with Gasteiger partial charge in [0.15, 0.2) is 17.2 Å². The Balaban J connectivity index is 1.22. The summed E-state index contributed by atoms with van der Waals surface area (Å²) in [5.74, 6) is -0.605. The fraction of sp³-hybridized carbons (Fsp3) is 0.556. The van der Waals surface area contributed by atoms with Crippen LogP contribution in [0.3, 0.4) is 0 Å². The molecule has 3 aromatic rings. The van der Waals surface area contributed by atoms with Crippen LogP contribution in [0.2, 0.25) is 0 Å². The topological polar surface area (TPSA) is 82.1 Å². The Labute approximate surface area is 270 Å². The standard InChI is InChI=1S/C36H47FN6O3/c1-36-28-10-5-4-8-24(28)11-12-30(36)43-23-27(35(45)39-14-7-17-42-20-18-40(2)19-21-42)33(44)26-22-29(37)31(34(46-36)32(26)43)38-15-13-25-9-6-16-41(25)3/h4-5,8,10,22-23,25,30,38H,6-7,9,11-21H2,1-3H3,(H,39,45). The van der Waals surface area contributed by atoms with Gasteiger partial charge in [0.25, 0.3) is 5.91 Å². The monoisotopic (exact) mass is 630 g/mol. The van der Waals surface area contributed by atoms with Crippen LogP contribution in [0.4, 0.5) is 10.1 Å². The third-order valence-corrected chi connectivity index (χ3v) is 11.0. The van der Waals surface area contributed by atoms with Gasteiger partial charge in [-0.1, -0.05) is 24.3 Å². The maximum atomic E-state index is 16.1. The van der Waals surface area contributed by atoms with E-state index in [2.05, 4.69) is 58.5 Å². The van der Waals surface area contributed by atoms with E-state index >= 15 is 4.39 Å². The third kappa shape index (κ3) is 5.58. The van der Waals surface area contributed by atoms with Gasteiger partial charge in [0.05, 0.1) is 16.9 Å². The van der Waals surface area contributed by atoms with Crippen molar-refractivity contribution in [2.75, 3.05) is 71.8 Å². The third-order valence-electron chi connectivity index (χ3n) is 11.0. The van der Waals surface area contributed by atoms with Crippen molar-refractivity contribution in [1.29, 1.82) is 0 Å². The second-order valence-electron chi connectivity index (χ2n) is 13.9. The summed E-state index contributed by atoms with van der Waals surface area (Å²) in [5, 5.41) is 6.53. The van der Waals surface area contributed by atoms with Crippen LogP contribution in [0.1, 0.15) is 66.6 Å². The minimum Gasteiger partial charge on any atom is -0.476 e. The van der Waals surface area contributed by atoms with E-state index in [-0.39, 0.29) is 22.7 Å². The molecule has 0 saturated carbocycles. The van der Waals surface area contributed by atoms with Crippen molar-refractivity contribution in [1.82, 2.24) is 24.6 Å². The second kappa shape index (κ2) is 12.6. The fourth-order valence-electron chi connectivity index (χ4n) is 8.21. The molecule has 3 atom stereocenters. The smallest absolute Gasteiger partial charge is 0.256 e. The SMILES string of the molecule is CN1CCN(CCCNC(=O)c2cn3c4c(c(NCCC5CCCN5C)c(F)cc4c2=O)OC2(C)c4ccccc4CCC32)CC1. The van der Waals surface area contributed by atoms with Crippen molar-refractivity contribution in [2.45, 2.75) is 63.1 Å². The van der Waals surface area contributed by atoms with E-state index in [0.29, 0.717) is 30.4 Å². The second-order valence-corrected chi connectivity index (χ2v) is 13.9. The molecule has 2 aromatic carbocycles. The first-order valence-electron chi connectivity index (χ1n) is 17.1. The summed E-state index contributed by atoms with van der Waals surface area (Å²) in [6.07, 6.45) is 7.32. The summed E-state index contributed by atoms with van der Waals surface area (Å²) in [5.41, 5.74) is 1.87. The number of carbonyl (C=O) groups excluding carboxylic acids is 1. The van der Waals surface area contributed by atoms with E-state index in [1.54, 1.807) is 6.20 Å². The number of likely N-dealkylation sites (N-methyl/N-ethyl adjacent to an activating group) is 1. The predicted molar refractivity (Wildman–Crippen MR) is 180 cm³/mol. The molecule has 4 aliphatic rings. The highest BCUT2D eigenvalue weighted by atomic mass is 19.1. The van der Waals surface area contributed by atoms with Crippen molar-refractivity contribution >= 4 is 22.5 Å². The number of aromatic nitrogens is 1. The molecule has 246 valence electrons. The Morgan fingerprint density at radius 1 is 1.09 bits per heavy atom. The molecule has 10 heteroatoms. The summed E-state index contributed by atoms with van der Waals surface area (Å²) in [6, 6.07) is 9.84. The molecule has 3 aliphatic heterocycles. The van der Waals surface area contributed by atoms with Crippen LogP contribution >= 0.6 is 0 Å². The summed E-state index contributed by atoms with van der Waals surface area (Å²) in [6.45, 7) is 9.23. The summed E-state index contributed by atoms with van der Waals surface area (Å²) < 4.78 is 25.0. The molecule has 2 N–H and O–H groups in total. The normalized spacial score (nSPS) is 24.8. The first kappa shape index (κ1) is 31.1. The van der Waals surface area contributed by atoms with E-state index in [9.17, 15) is 9.59 Å². The number of likely N-dealkylation sites (tertiary alicyclic amines) is 1. The molecule has 0 radical (unpaired) electrons. The lowest BCUT2D eigenvalue weighted by Crippen LogP contribution is -2.47. The zero-order valence-corrected chi connectivity index (χ0v) is 27.4. The Morgan fingerprint density at radius 2 is 1.89 bits per heavy atom. The van der Waals surface area contributed by atoms with E-state index < -0.39 is 22.8 Å². The van der Waals surface area contributed by atoms with Gasteiger partial charge in [0.1, 0.15) is 11.3 Å². The summed E-state index contributed by atoms with van der Waals surface area (Å²) in [4.78, 5) is 34.6. The fourth-order valence-corrected chi connectivity index (χ4v) is 8.21. The van der Waals surface area contributed by atoms with Gasteiger partial charge in [-0.05, 0) is 84.3 Å². The van der Waals surface area contributed by atoms with Crippen LogP contribution < -0.4 is 20.8 Å². The molecule has 0 spiro atoms. The number of halogens is 1. The molecular formula is C36H47FN6O3. The number of anilines is 1. The molecule has 2 fully saturated rings. The number of rotatable bonds is 9. The Morgan fingerprint density at radius 3 is 2.67 bits per heavy atom. The van der Waals surface area contributed by atoms with Gasteiger partial charge in [-0.3, -0.25) is 9.59 Å². The van der Waals surface area contributed by atoms with Crippen molar-refractivity contribution in [3.05, 3.63) is 69.3 Å². The summed E-state index contributed by atoms with van der Waals surface area (Å²) >= 11 is 0. The van der Waals surface area contributed by atoms with Gasteiger partial charge in [0, 0.05) is 57.1 Å². The minimum atomic E-state index is -0.810. The minimum absolute atomic E-state index is 0.0468. The molecule has 46 heavy (non-hydrogen) atoms. The number of nitrogens with zero attached hydrogens (tertiary/aromatic N) is 4. The van der Waals surface area contributed by atoms with E-state index in [0.717, 1.165) is 76.9 Å². The Bertz CT molecular complexity index is 1680. The number of hydrogen-bond acceptors (Lipinski definition) is 7. The van der Waals surface area contributed by atoms with Gasteiger partial charge in [0.2, 0.25) is 5.43 Å². The van der Waals surface area contributed by atoms with Gasteiger partial charge in [-0.15, -0.1) is 0 Å². The molecule has 7 rings (SSSR count). The number of carbonyl (C=O) groups is 1. The quantitative estimate of drug-likeness (QED) is 0.343. The Kier molecular flexibility index (Phi) is 8.54. The zero-order valence-electron chi connectivity index (χ0n) is 27.4. The Hall–Kier alpha value is -3.47. The number of ether oxygens (including phenoxy) is 1. The number of benzene rings is 2. The van der Waals surface area contributed by atoms with Crippen molar-refractivity contribution in [3.8, 4) is 5.75 Å². The number of fused-ring (bicyclic) bond motifs is 4. The van der Waals surface area contributed by atoms with Crippen molar-refractivity contribution in [2.24, 2.45) is 0 Å². The van der Waals surface area contributed by atoms with Crippen LogP contribution in [0.25, 0.3) is 10.9 Å². The van der Waals surface area contributed by atoms with Gasteiger partial charge >= 0.3 is 0 Å². The molecule has 3 unspecified atom stereocenters. The van der Waals surface area contributed by atoms with Crippen molar-refractivity contribution < 1.29 is 13.9 Å². The predicted octanol–water partition coefficient (Wildman–Crippen LogP) is 4.20. The lowest BCUT2D eigenvalue weighted by atomic mass is 9.75. The average molecular weight is 631 g/mol. The highest BCUT2D eigenvalue weighted by Crippen LogP contribution is 2.53. The highest BCUT2D eigenvalue weighted by Gasteiger charge is 2.48. The van der Waals surface area contributed by atoms with Gasteiger partial charge < -0.3 is 34.6 Å². The zero-order chi connectivity index (χ0) is 32.0. The molecule has 0 bridgehead atoms. The molecule has 1 aromatic heterocycles. The summed E-state index contributed by atoms with van der Waals surface area (Å²) in [7, 11) is 4.28. The van der Waals surface area contributed by atoms with Crippen LogP contribution in [-0.4, -0.2) is 97.7 Å². The number of amides is 1. The molecule has 1 aliphatic carbocycles. The highest BCUT2D eigenvalue weighted by molar-refractivity contribution is 6.00. The lowest BCUT2D eigenvalue weighted by molar-refractivity contribution is 0.00723. The van der Waals surface area contributed by atoms with Gasteiger partial charge in [-0.2, -0.15) is 0 Å². The van der Waals surface area contributed by atoms with Crippen LogP contribution in [0.5, 0.6) is 5.75 Å². The largest absolute Gasteiger partial charge is 0.476 e.